The number of anilines is 2. The second-order valence-corrected chi connectivity index (χ2v) is 5.46. The normalized spacial score (nSPS) is 19.8. The first-order valence-corrected chi connectivity index (χ1v) is 7.06. The van der Waals surface area contributed by atoms with Crippen LogP contribution in [0.25, 0.3) is 0 Å². The molecule has 5 heteroatoms. The summed E-state index contributed by atoms with van der Waals surface area (Å²) >= 11 is 0. The lowest BCUT2D eigenvalue weighted by molar-refractivity contribution is 0.239. The minimum Gasteiger partial charge on any atom is -0.394 e. The summed E-state index contributed by atoms with van der Waals surface area (Å²) < 4.78 is 0. The van der Waals surface area contributed by atoms with Crippen LogP contribution in [0.1, 0.15) is 33.1 Å². The Bertz CT molecular complexity index is 410. The molecule has 0 radical (unpaired) electrons. The van der Waals surface area contributed by atoms with Crippen molar-refractivity contribution in [1.82, 2.24) is 9.97 Å². The van der Waals surface area contributed by atoms with Crippen molar-refractivity contribution in [2.75, 3.05) is 30.0 Å². The van der Waals surface area contributed by atoms with E-state index in [1.54, 1.807) is 6.33 Å². The third kappa shape index (κ3) is 3.15. The molecule has 0 amide bonds. The third-order valence-electron chi connectivity index (χ3n) is 3.91. The van der Waals surface area contributed by atoms with Gasteiger partial charge in [-0.2, -0.15) is 0 Å². The predicted octanol–water partition coefficient (Wildman–Crippen LogP) is 1.67. The summed E-state index contributed by atoms with van der Waals surface area (Å²) in [5.74, 6) is 1.86. The van der Waals surface area contributed by atoms with Crippen LogP contribution in [0.15, 0.2) is 12.4 Å². The highest BCUT2D eigenvalue weighted by Gasteiger charge is 2.23. The van der Waals surface area contributed by atoms with Gasteiger partial charge in [-0.25, -0.2) is 9.97 Å². The summed E-state index contributed by atoms with van der Waals surface area (Å²) in [6.45, 7) is 5.44. The lowest BCUT2D eigenvalue weighted by Gasteiger charge is -2.36. The van der Waals surface area contributed by atoms with E-state index in [9.17, 15) is 5.11 Å². The number of aliphatic hydroxyl groups excluding tert-OH is 1. The lowest BCUT2D eigenvalue weighted by Crippen LogP contribution is -2.42. The molecule has 1 aliphatic heterocycles. The van der Waals surface area contributed by atoms with Crippen molar-refractivity contribution in [3.63, 3.8) is 0 Å². The van der Waals surface area contributed by atoms with Crippen molar-refractivity contribution in [3.8, 4) is 0 Å². The van der Waals surface area contributed by atoms with Gasteiger partial charge in [0.2, 0.25) is 0 Å². The van der Waals surface area contributed by atoms with Crippen LogP contribution in [0.2, 0.25) is 0 Å². The Morgan fingerprint density at radius 3 is 2.89 bits per heavy atom. The largest absolute Gasteiger partial charge is 0.394 e. The van der Waals surface area contributed by atoms with Crippen LogP contribution in [-0.4, -0.2) is 47.4 Å². The molecule has 2 heterocycles. The van der Waals surface area contributed by atoms with E-state index in [0.717, 1.165) is 31.0 Å². The highest BCUT2D eigenvalue weighted by atomic mass is 16.3. The second-order valence-electron chi connectivity index (χ2n) is 5.46. The van der Waals surface area contributed by atoms with Gasteiger partial charge < -0.3 is 14.9 Å². The first-order chi connectivity index (χ1) is 9.13. The van der Waals surface area contributed by atoms with Crippen LogP contribution in [0.5, 0.6) is 0 Å². The molecule has 2 rings (SSSR count). The van der Waals surface area contributed by atoms with Crippen LogP contribution >= 0.6 is 0 Å². The van der Waals surface area contributed by atoms with E-state index in [2.05, 4.69) is 33.6 Å². The number of piperidine rings is 1. The van der Waals surface area contributed by atoms with Crippen LogP contribution in [0.3, 0.4) is 0 Å². The maximum Gasteiger partial charge on any atom is 0.134 e. The van der Waals surface area contributed by atoms with Gasteiger partial charge in [0.05, 0.1) is 12.6 Å². The molecule has 0 aromatic carbocycles. The van der Waals surface area contributed by atoms with Crippen molar-refractivity contribution in [2.24, 2.45) is 0 Å². The number of hydrogen-bond acceptors (Lipinski definition) is 5. The summed E-state index contributed by atoms with van der Waals surface area (Å²) in [7, 11) is 2.04. The standard InChI is InChI=1S/C14H24N4O/c1-11(2)17(3)13-8-14(16-10-15-13)18-7-5-4-6-12(18)9-19/h8,10-12,19H,4-7,9H2,1-3H3. The highest BCUT2D eigenvalue weighted by molar-refractivity contribution is 5.51. The Kier molecular flexibility index (Phi) is 4.58. The number of hydrogen-bond donors (Lipinski definition) is 1. The van der Waals surface area contributed by atoms with Crippen LogP contribution < -0.4 is 9.80 Å². The van der Waals surface area contributed by atoms with Crippen LogP contribution in [0, 0.1) is 0 Å². The Hall–Kier alpha value is -1.36. The number of aliphatic hydroxyl groups is 1. The Morgan fingerprint density at radius 2 is 2.21 bits per heavy atom. The zero-order valence-corrected chi connectivity index (χ0v) is 12.1. The summed E-state index contributed by atoms with van der Waals surface area (Å²) in [6, 6.07) is 2.62. The molecule has 0 aliphatic carbocycles. The number of nitrogens with zero attached hydrogens (tertiary/aromatic N) is 4. The first-order valence-electron chi connectivity index (χ1n) is 7.06. The Labute approximate surface area is 115 Å². The van der Waals surface area contributed by atoms with E-state index in [-0.39, 0.29) is 12.6 Å². The van der Waals surface area contributed by atoms with Crippen LogP contribution in [-0.2, 0) is 0 Å². The van der Waals surface area contributed by atoms with E-state index in [1.165, 1.54) is 6.42 Å². The van der Waals surface area contributed by atoms with Crippen LogP contribution in [0.4, 0.5) is 11.6 Å². The molecule has 1 N–H and O–H groups in total. The maximum absolute atomic E-state index is 9.49. The molecule has 19 heavy (non-hydrogen) atoms. The molecule has 0 saturated carbocycles. The quantitative estimate of drug-likeness (QED) is 0.896. The molecule has 1 saturated heterocycles. The van der Waals surface area contributed by atoms with E-state index >= 15 is 0 Å². The second kappa shape index (κ2) is 6.19. The summed E-state index contributed by atoms with van der Waals surface area (Å²) in [5.41, 5.74) is 0. The van der Waals surface area contributed by atoms with E-state index in [0.29, 0.717) is 6.04 Å². The van der Waals surface area contributed by atoms with Gasteiger partial charge in [-0.3, -0.25) is 0 Å². The van der Waals surface area contributed by atoms with Gasteiger partial charge in [-0.1, -0.05) is 0 Å². The van der Waals surface area contributed by atoms with Crippen molar-refractivity contribution in [3.05, 3.63) is 12.4 Å². The molecular weight excluding hydrogens is 240 g/mol. The Morgan fingerprint density at radius 1 is 1.42 bits per heavy atom. The zero-order chi connectivity index (χ0) is 13.8. The molecule has 0 bridgehead atoms. The minimum absolute atomic E-state index is 0.194. The Balaban J connectivity index is 2.22. The SMILES string of the molecule is CC(C)N(C)c1cc(N2CCCCC2CO)ncn1. The van der Waals surface area contributed by atoms with Crippen molar-refractivity contribution in [2.45, 2.75) is 45.2 Å². The number of rotatable bonds is 4. The molecule has 106 valence electrons. The third-order valence-corrected chi connectivity index (χ3v) is 3.91. The van der Waals surface area contributed by atoms with Gasteiger partial charge in [0.25, 0.3) is 0 Å². The van der Waals surface area contributed by atoms with E-state index in [1.807, 2.05) is 13.1 Å². The number of aromatic nitrogens is 2. The summed E-state index contributed by atoms with van der Waals surface area (Å²) in [6.07, 6.45) is 5.00. The topological polar surface area (TPSA) is 52.5 Å². The van der Waals surface area contributed by atoms with Gasteiger partial charge in [0.1, 0.15) is 18.0 Å². The summed E-state index contributed by atoms with van der Waals surface area (Å²) in [4.78, 5) is 13.1. The average molecular weight is 264 g/mol. The fourth-order valence-corrected chi connectivity index (χ4v) is 2.44. The fraction of sp³-hybridized carbons (Fsp3) is 0.714. The molecule has 1 aromatic rings. The van der Waals surface area contributed by atoms with Gasteiger partial charge in [0, 0.05) is 25.7 Å². The summed E-state index contributed by atoms with van der Waals surface area (Å²) in [5, 5.41) is 9.49. The first kappa shape index (κ1) is 14.1. The molecule has 0 spiro atoms. The van der Waals surface area contributed by atoms with Gasteiger partial charge in [-0.05, 0) is 33.1 Å². The molecule has 1 unspecified atom stereocenters. The maximum atomic E-state index is 9.49. The van der Waals surface area contributed by atoms with Gasteiger partial charge in [0.15, 0.2) is 0 Å². The minimum atomic E-state index is 0.194. The molecule has 1 aliphatic rings. The molecular formula is C14H24N4O. The van der Waals surface area contributed by atoms with Crippen molar-refractivity contribution < 1.29 is 5.11 Å². The van der Waals surface area contributed by atoms with Crippen molar-refractivity contribution >= 4 is 11.6 Å². The highest BCUT2D eigenvalue weighted by Crippen LogP contribution is 2.25. The zero-order valence-electron chi connectivity index (χ0n) is 12.1. The van der Waals surface area contributed by atoms with E-state index < -0.39 is 0 Å². The molecule has 5 nitrogen and oxygen atoms in total. The smallest absolute Gasteiger partial charge is 0.134 e. The monoisotopic (exact) mass is 264 g/mol. The van der Waals surface area contributed by atoms with E-state index in [4.69, 9.17) is 0 Å². The lowest BCUT2D eigenvalue weighted by atomic mass is 10.0. The van der Waals surface area contributed by atoms with Gasteiger partial charge >= 0.3 is 0 Å². The molecule has 1 fully saturated rings. The molecule has 1 aromatic heterocycles. The fourth-order valence-electron chi connectivity index (χ4n) is 2.44. The van der Waals surface area contributed by atoms with Gasteiger partial charge in [-0.15, -0.1) is 0 Å². The predicted molar refractivity (Wildman–Crippen MR) is 77.6 cm³/mol. The average Bonchev–Trinajstić information content (AvgIpc) is 2.46. The molecule has 1 atom stereocenters. The van der Waals surface area contributed by atoms with Crippen molar-refractivity contribution in [1.29, 1.82) is 0 Å².